The van der Waals surface area contributed by atoms with Crippen molar-refractivity contribution in [3.05, 3.63) is 29.0 Å². The Hall–Kier alpha value is -1.89. The summed E-state index contributed by atoms with van der Waals surface area (Å²) in [5, 5.41) is 8.88. The molecule has 4 nitrogen and oxygen atoms in total. The first-order valence-electron chi connectivity index (χ1n) is 7.03. The van der Waals surface area contributed by atoms with Gasteiger partial charge in [-0.2, -0.15) is 5.26 Å². The lowest BCUT2D eigenvalue weighted by Crippen LogP contribution is -2.25. The molecule has 0 aliphatic rings. The quantitative estimate of drug-likeness (QED) is 0.685. The normalized spacial score (nSPS) is 16.0. The molecular weight excluding hydrogens is 204 g/mol. The number of carbonyl (C=O) groups is 1. The molecule has 0 atom stereocenters. The molecule has 0 radical (unpaired) electrons. The fourth-order valence-corrected chi connectivity index (χ4v) is 0.907. The molecule has 4 heteroatoms. The van der Waals surface area contributed by atoms with E-state index >= 15 is 0 Å². The maximum Gasteiger partial charge on any atom is 0.357 e. The second-order valence-electron chi connectivity index (χ2n) is 4.06. The van der Waals surface area contributed by atoms with Crippen LogP contribution in [0.4, 0.5) is 0 Å². The van der Waals surface area contributed by atoms with Gasteiger partial charge < -0.3 is 4.74 Å². The summed E-state index contributed by atoms with van der Waals surface area (Å²) in [5.41, 5.74) is -2.68. The van der Waals surface area contributed by atoms with Crippen molar-refractivity contribution in [2.45, 2.75) is 33.2 Å². The van der Waals surface area contributed by atoms with Crippen molar-refractivity contribution in [1.82, 2.24) is 4.98 Å². The van der Waals surface area contributed by atoms with Crippen molar-refractivity contribution >= 4 is 5.97 Å². The maximum absolute atomic E-state index is 12.0. The van der Waals surface area contributed by atoms with E-state index in [0.717, 1.165) is 0 Å². The molecule has 1 rings (SSSR count). The standard InChI is InChI=1S/C12H14N2O2/c1-8-5-9(6-13)7-14-10(8)11(15)16-12(2,3)4/h5,7H,1-4H3/i1D3,5D,7D. The third kappa shape index (κ3) is 3.06. The van der Waals surface area contributed by atoms with Gasteiger partial charge in [-0.3, -0.25) is 0 Å². The second kappa shape index (κ2) is 4.31. The van der Waals surface area contributed by atoms with Crippen molar-refractivity contribution in [2.75, 3.05) is 0 Å². The van der Waals surface area contributed by atoms with E-state index < -0.39 is 47.5 Å². The second-order valence-corrected chi connectivity index (χ2v) is 4.06. The topological polar surface area (TPSA) is 63.0 Å². The van der Waals surface area contributed by atoms with Crippen molar-refractivity contribution in [2.24, 2.45) is 0 Å². The molecule has 16 heavy (non-hydrogen) atoms. The van der Waals surface area contributed by atoms with Gasteiger partial charge in [0.1, 0.15) is 11.7 Å². The van der Waals surface area contributed by atoms with Crippen LogP contribution in [0.1, 0.15) is 49.2 Å². The molecule has 0 saturated heterocycles. The third-order valence-electron chi connectivity index (χ3n) is 1.47. The van der Waals surface area contributed by atoms with E-state index in [1.54, 1.807) is 26.8 Å². The Balaban J connectivity index is 3.60. The molecule has 84 valence electrons. The average Bonchev–Trinajstić information content (AvgIpc) is 2.24. The molecule has 0 fully saturated rings. The Morgan fingerprint density at radius 1 is 1.69 bits per heavy atom. The van der Waals surface area contributed by atoms with Crippen LogP contribution in [0.2, 0.25) is 0 Å². The highest BCUT2D eigenvalue weighted by Crippen LogP contribution is 2.14. The number of aromatic nitrogens is 1. The summed E-state index contributed by atoms with van der Waals surface area (Å²) in [6, 6.07) is 0.855. The van der Waals surface area contributed by atoms with Gasteiger partial charge in [-0.1, -0.05) is 0 Å². The Morgan fingerprint density at radius 3 is 2.88 bits per heavy atom. The van der Waals surface area contributed by atoms with E-state index in [1.807, 2.05) is 0 Å². The van der Waals surface area contributed by atoms with E-state index in [-0.39, 0.29) is 0 Å². The Labute approximate surface area is 102 Å². The minimum absolute atomic E-state index is 0.492. The van der Waals surface area contributed by atoms with Crippen LogP contribution >= 0.6 is 0 Å². The number of pyridine rings is 1. The van der Waals surface area contributed by atoms with Crippen molar-refractivity contribution in [3.8, 4) is 6.07 Å². The lowest BCUT2D eigenvalue weighted by molar-refractivity contribution is 0.00620. The summed E-state index contributed by atoms with van der Waals surface area (Å²) in [7, 11) is 0. The van der Waals surface area contributed by atoms with Crippen LogP contribution in [0, 0.1) is 18.2 Å². The molecule has 0 N–H and O–H groups in total. The highest BCUT2D eigenvalue weighted by Gasteiger charge is 2.20. The monoisotopic (exact) mass is 223 g/mol. The van der Waals surface area contributed by atoms with Gasteiger partial charge in [-0.15, -0.1) is 0 Å². The lowest BCUT2D eigenvalue weighted by atomic mass is 10.1. The lowest BCUT2D eigenvalue weighted by Gasteiger charge is -2.19. The van der Waals surface area contributed by atoms with Gasteiger partial charge in [0, 0.05) is 10.3 Å². The smallest absolute Gasteiger partial charge is 0.357 e. The number of carbonyl (C=O) groups excluding carboxylic acids is 1. The first kappa shape index (κ1) is 6.64. The SMILES string of the molecule is [2H]c1nc(C(=O)OC(C)(C)C)c(C([2H])([2H])[2H])c([2H])c1C#N. The molecule has 0 amide bonds. The van der Waals surface area contributed by atoms with Crippen LogP contribution in [0.15, 0.2) is 12.2 Å². The maximum atomic E-state index is 12.0. The fraction of sp³-hybridized carbons (Fsp3) is 0.417. The molecule has 0 unspecified atom stereocenters. The molecule has 0 spiro atoms. The van der Waals surface area contributed by atoms with Crippen LogP contribution in [0.5, 0.6) is 0 Å². The largest absolute Gasteiger partial charge is 0.455 e. The fourth-order valence-electron chi connectivity index (χ4n) is 0.907. The van der Waals surface area contributed by atoms with E-state index in [4.69, 9.17) is 16.9 Å². The highest BCUT2D eigenvalue weighted by atomic mass is 16.6. The molecule has 0 aliphatic heterocycles. The van der Waals surface area contributed by atoms with Crippen molar-refractivity contribution < 1.29 is 16.4 Å². The Morgan fingerprint density at radius 2 is 2.38 bits per heavy atom. The molecular formula is C12H14N2O2. The van der Waals surface area contributed by atoms with Crippen LogP contribution in [0.3, 0.4) is 0 Å². The van der Waals surface area contributed by atoms with Gasteiger partial charge in [-0.05, 0) is 39.2 Å². The summed E-state index contributed by atoms with van der Waals surface area (Å²) in [4.78, 5) is 15.6. The van der Waals surface area contributed by atoms with E-state index in [2.05, 4.69) is 4.98 Å². The number of rotatable bonds is 1. The van der Waals surface area contributed by atoms with Gasteiger partial charge in [0.05, 0.1) is 8.30 Å². The van der Waals surface area contributed by atoms with E-state index in [1.165, 1.54) is 0 Å². The first-order chi connectivity index (χ1) is 9.38. The number of hydrogen-bond acceptors (Lipinski definition) is 4. The summed E-state index contributed by atoms with van der Waals surface area (Å²) in [6.45, 7) is 1.95. The number of esters is 1. The molecule has 0 aromatic carbocycles. The highest BCUT2D eigenvalue weighted by molar-refractivity contribution is 5.89. The summed E-state index contributed by atoms with van der Waals surface area (Å²) in [5.74, 6) is -1.04. The zero-order chi connectivity index (χ0) is 16.6. The number of nitriles is 1. The number of hydrogen-bond donors (Lipinski definition) is 0. The van der Waals surface area contributed by atoms with E-state index in [0.29, 0.717) is 0 Å². The predicted octanol–water partition coefficient (Wildman–Crippen LogP) is 2.22. The van der Waals surface area contributed by atoms with Crippen molar-refractivity contribution in [3.63, 3.8) is 0 Å². The molecule has 0 saturated carbocycles. The number of ether oxygens (including phenoxy) is 1. The Bertz CT molecular complexity index is 626. The summed E-state index contributed by atoms with van der Waals surface area (Å²) < 4.78 is 42.6. The van der Waals surface area contributed by atoms with Gasteiger partial charge >= 0.3 is 5.97 Å². The van der Waals surface area contributed by atoms with Crippen molar-refractivity contribution in [1.29, 1.82) is 5.26 Å². The zero-order valence-electron chi connectivity index (χ0n) is 14.2. The molecule has 1 aromatic rings. The first-order valence-corrected chi connectivity index (χ1v) is 4.53. The van der Waals surface area contributed by atoms with E-state index in [9.17, 15) is 4.79 Å². The molecule has 0 aliphatic carbocycles. The number of nitrogens with zero attached hydrogens (tertiary/aromatic N) is 2. The van der Waals surface area contributed by atoms with Crippen LogP contribution in [-0.2, 0) is 4.74 Å². The minimum atomic E-state index is -2.82. The molecule has 0 bridgehead atoms. The van der Waals surface area contributed by atoms with Crippen LogP contribution in [-0.4, -0.2) is 16.6 Å². The van der Waals surface area contributed by atoms with Crippen LogP contribution < -0.4 is 0 Å². The third-order valence-corrected chi connectivity index (χ3v) is 1.47. The van der Waals surface area contributed by atoms with Gasteiger partial charge in [-0.25, -0.2) is 9.78 Å². The minimum Gasteiger partial charge on any atom is -0.455 e. The average molecular weight is 223 g/mol. The summed E-state index contributed by atoms with van der Waals surface area (Å²) in [6.07, 6.45) is -0.628. The zero-order valence-corrected chi connectivity index (χ0v) is 9.21. The van der Waals surface area contributed by atoms with Gasteiger partial charge in [0.25, 0.3) is 0 Å². The molecule has 1 aromatic heterocycles. The Kier molecular flexibility index (Phi) is 1.79. The van der Waals surface area contributed by atoms with Crippen LogP contribution in [0.25, 0.3) is 0 Å². The summed E-state index contributed by atoms with van der Waals surface area (Å²) >= 11 is 0. The molecule has 1 heterocycles. The predicted molar refractivity (Wildman–Crippen MR) is 58.9 cm³/mol. The van der Waals surface area contributed by atoms with Gasteiger partial charge in [0.2, 0.25) is 0 Å². The van der Waals surface area contributed by atoms with Gasteiger partial charge in [0.15, 0.2) is 5.69 Å².